The standard InChI is InChI=1S/C18H12N4OS2/c1-11-14(18-22(21-11)7-8-24-18)17-20-15(12-5-3-2-4-6-12)16(25-17)13-9-23-10-19-13/h2-10H,1H3. The maximum Gasteiger partial charge on any atom is 0.181 e. The zero-order valence-electron chi connectivity index (χ0n) is 13.2. The Morgan fingerprint density at radius 3 is 2.84 bits per heavy atom. The highest BCUT2D eigenvalue weighted by molar-refractivity contribution is 7.20. The van der Waals surface area contributed by atoms with Crippen LogP contribution in [0.3, 0.4) is 0 Å². The molecule has 0 amide bonds. The number of oxazole rings is 1. The summed E-state index contributed by atoms with van der Waals surface area (Å²) in [4.78, 5) is 11.4. The van der Waals surface area contributed by atoms with E-state index >= 15 is 0 Å². The van der Waals surface area contributed by atoms with Crippen molar-refractivity contribution in [3.8, 4) is 32.4 Å². The van der Waals surface area contributed by atoms with E-state index in [1.807, 2.05) is 41.2 Å². The Labute approximate surface area is 151 Å². The Kier molecular flexibility index (Phi) is 3.29. The fourth-order valence-electron chi connectivity index (χ4n) is 2.86. The van der Waals surface area contributed by atoms with Gasteiger partial charge in [-0.3, -0.25) is 0 Å². The number of hydrogen-bond acceptors (Lipinski definition) is 6. The van der Waals surface area contributed by atoms with Crippen molar-refractivity contribution in [1.82, 2.24) is 19.6 Å². The molecule has 0 spiro atoms. The Bertz CT molecular complexity index is 1150. The Morgan fingerprint density at radius 2 is 2.04 bits per heavy atom. The van der Waals surface area contributed by atoms with E-state index < -0.39 is 0 Å². The van der Waals surface area contributed by atoms with Gasteiger partial charge in [-0.2, -0.15) is 5.10 Å². The average molecular weight is 364 g/mol. The van der Waals surface area contributed by atoms with Crippen molar-refractivity contribution in [2.45, 2.75) is 6.92 Å². The third-order valence-electron chi connectivity index (χ3n) is 3.98. The van der Waals surface area contributed by atoms with Crippen LogP contribution < -0.4 is 0 Å². The summed E-state index contributed by atoms with van der Waals surface area (Å²) in [7, 11) is 0. The van der Waals surface area contributed by atoms with E-state index in [1.54, 1.807) is 28.9 Å². The van der Waals surface area contributed by atoms with Gasteiger partial charge < -0.3 is 4.42 Å². The van der Waals surface area contributed by atoms with Crippen LogP contribution in [0.1, 0.15) is 5.69 Å². The summed E-state index contributed by atoms with van der Waals surface area (Å²) in [5.74, 6) is 0. The van der Waals surface area contributed by atoms with Crippen LogP contribution in [0.25, 0.3) is 37.2 Å². The third-order valence-corrected chi connectivity index (χ3v) is 5.94. The molecule has 0 aliphatic carbocycles. The fraction of sp³-hybridized carbons (Fsp3) is 0.0556. The molecule has 0 aliphatic rings. The predicted molar refractivity (Wildman–Crippen MR) is 99.8 cm³/mol. The van der Waals surface area contributed by atoms with Crippen molar-refractivity contribution in [1.29, 1.82) is 0 Å². The molecule has 5 nitrogen and oxygen atoms in total. The second-order valence-corrected chi connectivity index (χ2v) is 7.44. The van der Waals surface area contributed by atoms with E-state index in [4.69, 9.17) is 9.40 Å². The van der Waals surface area contributed by atoms with Gasteiger partial charge in [0.15, 0.2) is 6.39 Å². The SMILES string of the molecule is Cc1nn2ccsc2c1-c1nc(-c2ccccc2)c(-c2cocn2)s1. The van der Waals surface area contributed by atoms with Gasteiger partial charge in [0.1, 0.15) is 21.8 Å². The van der Waals surface area contributed by atoms with Gasteiger partial charge in [0.25, 0.3) is 0 Å². The van der Waals surface area contributed by atoms with Crippen LogP contribution in [0.5, 0.6) is 0 Å². The monoisotopic (exact) mass is 364 g/mol. The van der Waals surface area contributed by atoms with Gasteiger partial charge in [0.05, 0.1) is 21.8 Å². The average Bonchev–Trinajstić information content (AvgIpc) is 3.39. The summed E-state index contributed by atoms with van der Waals surface area (Å²) < 4.78 is 7.11. The lowest BCUT2D eigenvalue weighted by atomic mass is 10.1. The van der Waals surface area contributed by atoms with Gasteiger partial charge in [0.2, 0.25) is 0 Å². The largest absolute Gasteiger partial charge is 0.451 e. The number of nitrogens with zero attached hydrogens (tertiary/aromatic N) is 4. The number of fused-ring (bicyclic) bond motifs is 1. The molecule has 0 saturated carbocycles. The molecular weight excluding hydrogens is 352 g/mol. The molecule has 25 heavy (non-hydrogen) atoms. The number of thiazole rings is 2. The maximum atomic E-state index is 5.19. The van der Waals surface area contributed by atoms with Gasteiger partial charge in [0, 0.05) is 17.1 Å². The van der Waals surface area contributed by atoms with E-state index in [-0.39, 0.29) is 0 Å². The van der Waals surface area contributed by atoms with Crippen LogP contribution >= 0.6 is 22.7 Å². The zero-order valence-corrected chi connectivity index (χ0v) is 14.8. The highest BCUT2D eigenvalue weighted by Crippen LogP contribution is 2.42. The topological polar surface area (TPSA) is 56.2 Å². The van der Waals surface area contributed by atoms with Crippen molar-refractivity contribution in [2.24, 2.45) is 0 Å². The molecule has 122 valence electrons. The first-order valence-electron chi connectivity index (χ1n) is 7.69. The van der Waals surface area contributed by atoms with Gasteiger partial charge in [-0.1, -0.05) is 30.3 Å². The molecule has 0 unspecified atom stereocenters. The van der Waals surface area contributed by atoms with Crippen molar-refractivity contribution in [3.63, 3.8) is 0 Å². The minimum atomic E-state index is 0.801. The van der Waals surface area contributed by atoms with Crippen LogP contribution in [0.4, 0.5) is 0 Å². The molecule has 4 heterocycles. The van der Waals surface area contributed by atoms with Gasteiger partial charge in [-0.25, -0.2) is 14.5 Å². The van der Waals surface area contributed by atoms with E-state index in [9.17, 15) is 0 Å². The van der Waals surface area contributed by atoms with Crippen LogP contribution in [-0.4, -0.2) is 19.6 Å². The molecule has 7 heteroatoms. The molecule has 4 aromatic heterocycles. The van der Waals surface area contributed by atoms with Crippen molar-refractivity contribution in [2.75, 3.05) is 0 Å². The smallest absolute Gasteiger partial charge is 0.181 e. The Balaban J connectivity index is 1.77. The predicted octanol–water partition coefficient (Wildman–Crippen LogP) is 5.15. The zero-order chi connectivity index (χ0) is 16.8. The minimum Gasteiger partial charge on any atom is -0.451 e. The molecular formula is C18H12N4OS2. The highest BCUT2D eigenvalue weighted by atomic mass is 32.1. The summed E-state index contributed by atoms with van der Waals surface area (Å²) in [6.07, 6.45) is 5.09. The normalized spacial score (nSPS) is 11.4. The summed E-state index contributed by atoms with van der Waals surface area (Å²) >= 11 is 3.29. The molecule has 1 aromatic carbocycles. The first-order chi connectivity index (χ1) is 12.3. The van der Waals surface area contributed by atoms with Crippen molar-refractivity contribution in [3.05, 3.63) is 60.3 Å². The first-order valence-corrected chi connectivity index (χ1v) is 9.38. The van der Waals surface area contributed by atoms with Crippen LogP contribution in [0.2, 0.25) is 0 Å². The second kappa shape index (κ2) is 5.65. The summed E-state index contributed by atoms with van der Waals surface area (Å²) in [6, 6.07) is 10.2. The van der Waals surface area contributed by atoms with Crippen LogP contribution in [0, 0.1) is 6.92 Å². The molecule has 0 N–H and O–H groups in total. The molecule has 5 rings (SSSR count). The van der Waals surface area contributed by atoms with E-state index in [1.165, 1.54) is 6.39 Å². The summed E-state index contributed by atoms with van der Waals surface area (Å²) in [5, 5.41) is 7.57. The number of aryl methyl sites for hydroxylation is 1. The van der Waals surface area contributed by atoms with E-state index in [0.717, 1.165) is 42.9 Å². The van der Waals surface area contributed by atoms with Gasteiger partial charge in [-0.05, 0) is 6.92 Å². The summed E-state index contributed by atoms with van der Waals surface area (Å²) in [5.41, 5.74) is 4.86. The number of rotatable bonds is 3. The third kappa shape index (κ3) is 2.32. The lowest BCUT2D eigenvalue weighted by molar-refractivity contribution is 0.558. The molecule has 0 aliphatic heterocycles. The molecule has 0 radical (unpaired) electrons. The molecule has 5 aromatic rings. The number of benzene rings is 1. The van der Waals surface area contributed by atoms with Crippen molar-refractivity contribution < 1.29 is 4.42 Å². The number of hydrogen-bond donors (Lipinski definition) is 0. The van der Waals surface area contributed by atoms with Crippen LogP contribution in [0.15, 0.2) is 59.0 Å². The summed E-state index contributed by atoms with van der Waals surface area (Å²) in [6.45, 7) is 2.02. The lowest BCUT2D eigenvalue weighted by Gasteiger charge is -1.98. The molecule has 0 bridgehead atoms. The Hall–Kier alpha value is -2.77. The second-order valence-electron chi connectivity index (χ2n) is 5.55. The van der Waals surface area contributed by atoms with E-state index in [2.05, 4.69) is 22.2 Å². The van der Waals surface area contributed by atoms with Crippen molar-refractivity contribution >= 4 is 27.5 Å². The quantitative estimate of drug-likeness (QED) is 0.444. The highest BCUT2D eigenvalue weighted by Gasteiger charge is 2.22. The van der Waals surface area contributed by atoms with E-state index in [0.29, 0.717) is 0 Å². The maximum absolute atomic E-state index is 5.19. The first kappa shape index (κ1) is 14.6. The molecule has 0 fully saturated rings. The van der Waals surface area contributed by atoms with Crippen LogP contribution in [-0.2, 0) is 0 Å². The minimum absolute atomic E-state index is 0.801. The Morgan fingerprint density at radius 1 is 1.16 bits per heavy atom. The fourth-order valence-corrected chi connectivity index (χ4v) is 4.94. The molecule has 0 atom stereocenters. The van der Waals surface area contributed by atoms with Gasteiger partial charge in [-0.15, -0.1) is 22.7 Å². The number of aromatic nitrogens is 4. The molecule has 0 saturated heterocycles. The lowest BCUT2D eigenvalue weighted by Crippen LogP contribution is -1.82. The van der Waals surface area contributed by atoms with Gasteiger partial charge >= 0.3 is 0 Å².